The van der Waals surface area contributed by atoms with Crippen LogP contribution in [0.25, 0.3) is 11.0 Å². The molecule has 7 nitrogen and oxygen atoms in total. The maximum atomic E-state index is 13.6. The fraction of sp³-hybridized carbons (Fsp3) is 0.424. The van der Waals surface area contributed by atoms with Crippen LogP contribution in [0.15, 0.2) is 77.6 Å². The van der Waals surface area contributed by atoms with Crippen LogP contribution in [0, 0.1) is 0 Å². The molecule has 0 atom stereocenters. The third-order valence-corrected chi connectivity index (χ3v) is 9.03. The number of hydrogen-bond donors (Lipinski definition) is 0. The van der Waals surface area contributed by atoms with Crippen LogP contribution >= 0.6 is 0 Å². The van der Waals surface area contributed by atoms with Crippen molar-refractivity contribution >= 4 is 22.4 Å². The number of nitrogens with zero attached hydrogens (tertiary/aromatic N) is 6. The summed E-state index contributed by atoms with van der Waals surface area (Å²) < 4.78 is 82.6. The second-order valence-corrected chi connectivity index (χ2v) is 11.8. The Morgan fingerprint density at radius 1 is 0.500 bits per heavy atom. The smallest absolute Gasteiger partial charge is 0.369 e. The molecule has 0 saturated carbocycles. The van der Waals surface area contributed by atoms with Gasteiger partial charge in [-0.15, -0.1) is 0 Å². The number of benzene rings is 3. The molecule has 2 saturated heterocycles. The second-order valence-electron chi connectivity index (χ2n) is 11.8. The van der Waals surface area contributed by atoms with Gasteiger partial charge in [0.05, 0.1) is 22.2 Å². The van der Waals surface area contributed by atoms with Gasteiger partial charge >= 0.3 is 18.0 Å². The molecule has 0 aliphatic carbocycles. The molecule has 2 aliphatic rings. The lowest BCUT2D eigenvalue weighted by atomic mass is 10.1. The first kappa shape index (κ1) is 32.0. The monoisotopic (exact) mass is 646 g/mol. The molecule has 0 amide bonds. The van der Waals surface area contributed by atoms with Crippen molar-refractivity contribution in [3.8, 4) is 0 Å². The van der Waals surface area contributed by atoms with Crippen LogP contribution in [0.5, 0.6) is 0 Å². The van der Waals surface area contributed by atoms with Crippen LogP contribution in [0.3, 0.4) is 0 Å². The molecular formula is C33H36F6N6O. The normalized spacial score (nSPS) is 17.3. The van der Waals surface area contributed by atoms with Crippen molar-refractivity contribution in [2.45, 2.75) is 25.4 Å². The van der Waals surface area contributed by atoms with Gasteiger partial charge in [-0.1, -0.05) is 24.3 Å². The molecule has 4 aromatic rings. The minimum atomic E-state index is -4.38. The first-order valence-electron chi connectivity index (χ1n) is 15.4. The summed E-state index contributed by atoms with van der Waals surface area (Å²) in [6.07, 6.45) is -8.76. The van der Waals surface area contributed by atoms with E-state index in [1.54, 1.807) is 21.3 Å². The van der Waals surface area contributed by atoms with Crippen molar-refractivity contribution in [3.05, 3.63) is 94.4 Å². The van der Waals surface area contributed by atoms with Gasteiger partial charge in [0.25, 0.3) is 0 Å². The maximum absolute atomic E-state index is 13.6. The molecule has 6 rings (SSSR count). The van der Waals surface area contributed by atoms with Gasteiger partial charge in [-0.05, 0) is 48.5 Å². The molecule has 0 radical (unpaired) electrons. The van der Waals surface area contributed by atoms with Gasteiger partial charge in [0.1, 0.15) is 0 Å². The number of aromatic nitrogens is 2. The van der Waals surface area contributed by atoms with E-state index in [-0.39, 0.29) is 5.69 Å². The van der Waals surface area contributed by atoms with Crippen LogP contribution < -0.4 is 15.5 Å². The Kier molecular flexibility index (Phi) is 9.06. The second kappa shape index (κ2) is 13.0. The molecule has 46 heavy (non-hydrogen) atoms. The van der Waals surface area contributed by atoms with E-state index in [2.05, 4.69) is 9.80 Å². The topological polar surface area (TPSA) is 39.9 Å². The van der Waals surface area contributed by atoms with Crippen molar-refractivity contribution in [2.24, 2.45) is 0 Å². The highest BCUT2D eigenvalue weighted by Crippen LogP contribution is 2.33. The quantitative estimate of drug-likeness (QED) is 0.237. The fourth-order valence-corrected chi connectivity index (χ4v) is 6.40. The Bertz CT molecular complexity index is 1580. The van der Waals surface area contributed by atoms with Gasteiger partial charge in [-0.3, -0.25) is 18.9 Å². The average Bonchev–Trinajstić information content (AvgIpc) is 3.32. The Morgan fingerprint density at radius 3 is 1.26 bits per heavy atom. The van der Waals surface area contributed by atoms with E-state index in [4.69, 9.17) is 0 Å². The van der Waals surface area contributed by atoms with E-state index in [9.17, 15) is 31.1 Å². The zero-order valence-corrected chi connectivity index (χ0v) is 25.3. The molecule has 13 heteroatoms. The Hall–Kier alpha value is -3.97. The molecule has 1 aromatic heterocycles. The summed E-state index contributed by atoms with van der Waals surface area (Å²) in [5.74, 6) is 0. The van der Waals surface area contributed by atoms with Gasteiger partial charge in [0.15, 0.2) is 0 Å². The molecule has 3 aromatic carbocycles. The SMILES string of the molecule is O=c1n(CCN2CCN(c3cccc(C(F)(F)F)c3)CC2)c2ccccc2n1CCN1CCN(c2cccc(C(F)(F)F)c2)CC1. The van der Waals surface area contributed by atoms with E-state index in [0.29, 0.717) is 89.9 Å². The molecule has 246 valence electrons. The van der Waals surface area contributed by atoms with Crippen LogP contribution in [-0.4, -0.2) is 84.4 Å². The van der Waals surface area contributed by atoms with E-state index in [1.165, 1.54) is 24.3 Å². The van der Waals surface area contributed by atoms with E-state index < -0.39 is 23.5 Å². The van der Waals surface area contributed by atoms with E-state index in [1.807, 2.05) is 34.1 Å². The zero-order valence-electron chi connectivity index (χ0n) is 25.3. The first-order chi connectivity index (χ1) is 22.0. The summed E-state index contributed by atoms with van der Waals surface area (Å²) >= 11 is 0. The highest BCUT2D eigenvalue weighted by Gasteiger charge is 2.32. The van der Waals surface area contributed by atoms with Crippen LogP contribution in [-0.2, 0) is 25.4 Å². The lowest BCUT2D eigenvalue weighted by molar-refractivity contribution is -0.138. The zero-order chi connectivity index (χ0) is 32.5. The number of fused-ring (bicyclic) bond motifs is 1. The third-order valence-electron chi connectivity index (χ3n) is 9.03. The van der Waals surface area contributed by atoms with Crippen molar-refractivity contribution < 1.29 is 26.3 Å². The van der Waals surface area contributed by atoms with Crippen LogP contribution in [0.2, 0.25) is 0 Å². The van der Waals surface area contributed by atoms with Crippen LogP contribution in [0.4, 0.5) is 37.7 Å². The minimum absolute atomic E-state index is 0.0913. The summed E-state index contributed by atoms with van der Waals surface area (Å²) in [5, 5.41) is 0. The van der Waals surface area contributed by atoms with E-state index in [0.717, 1.165) is 23.2 Å². The van der Waals surface area contributed by atoms with Crippen molar-refractivity contribution in [1.82, 2.24) is 18.9 Å². The van der Waals surface area contributed by atoms with Gasteiger partial charge in [-0.2, -0.15) is 26.3 Å². The fourth-order valence-electron chi connectivity index (χ4n) is 6.40. The Labute approximate surface area is 262 Å². The number of rotatable bonds is 8. The number of imidazole rings is 1. The summed E-state index contributed by atoms with van der Waals surface area (Å²) in [5.41, 5.74) is 1.43. The van der Waals surface area contributed by atoms with Gasteiger partial charge in [0.2, 0.25) is 0 Å². The van der Waals surface area contributed by atoms with Gasteiger partial charge < -0.3 is 9.80 Å². The molecule has 3 heterocycles. The molecule has 0 unspecified atom stereocenters. The number of anilines is 2. The Morgan fingerprint density at radius 2 is 0.891 bits per heavy atom. The number of alkyl halides is 6. The average molecular weight is 647 g/mol. The van der Waals surface area contributed by atoms with Crippen molar-refractivity contribution in [3.63, 3.8) is 0 Å². The first-order valence-corrected chi connectivity index (χ1v) is 15.4. The summed E-state index contributed by atoms with van der Waals surface area (Å²) in [7, 11) is 0. The van der Waals surface area contributed by atoms with Gasteiger partial charge in [-0.25, -0.2) is 4.79 Å². The van der Waals surface area contributed by atoms with Crippen LogP contribution in [0.1, 0.15) is 11.1 Å². The molecule has 2 fully saturated rings. The third kappa shape index (κ3) is 7.05. The molecule has 2 aliphatic heterocycles. The molecule has 0 N–H and O–H groups in total. The number of piperazine rings is 2. The summed E-state index contributed by atoms with van der Waals surface area (Å²) in [6, 6.07) is 18.5. The van der Waals surface area contributed by atoms with Gasteiger partial charge in [0, 0.05) is 89.9 Å². The minimum Gasteiger partial charge on any atom is -0.369 e. The summed E-state index contributed by atoms with van der Waals surface area (Å²) in [6.45, 7) is 7.36. The largest absolute Gasteiger partial charge is 0.416 e. The van der Waals surface area contributed by atoms with E-state index >= 15 is 0 Å². The lowest BCUT2D eigenvalue weighted by Crippen LogP contribution is -2.48. The standard InChI is InChI=1S/C33H36F6N6O/c34-32(35,36)25-5-3-7-27(23-25)42-17-11-40(12-18-42)15-21-44-29-9-1-2-10-30(29)45(31(44)46)22-16-41-13-19-43(20-14-41)28-8-4-6-26(24-28)33(37,38)39/h1-10,23-24H,11-22H2. The predicted octanol–water partition coefficient (Wildman–Crippen LogP) is 5.49. The Balaban J connectivity index is 1.04. The highest BCUT2D eigenvalue weighted by atomic mass is 19.4. The maximum Gasteiger partial charge on any atom is 0.416 e. The number of para-hydroxylation sites is 2. The number of halogens is 6. The molecule has 0 bridgehead atoms. The molecular weight excluding hydrogens is 610 g/mol. The molecule has 0 spiro atoms. The van der Waals surface area contributed by atoms with Crippen molar-refractivity contribution in [1.29, 1.82) is 0 Å². The highest BCUT2D eigenvalue weighted by molar-refractivity contribution is 5.76. The van der Waals surface area contributed by atoms with Crippen molar-refractivity contribution in [2.75, 3.05) is 75.2 Å². The summed E-state index contributed by atoms with van der Waals surface area (Å²) in [4.78, 5) is 22.0. The predicted molar refractivity (Wildman–Crippen MR) is 166 cm³/mol. The number of hydrogen-bond acceptors (Lipinski definition) is 5. The lowest BCUT2D eigenvalue weighted by Gasteiger charge is -2.36.